The van der Waals surface area contributed by atoms with E-state index in [1.54, 1.807) is 25.6 Å². The Morgan fingerprint density at radius 2 is 1.90 bits per heavy atom. The van der Waals surface area contributed by atoms with Crippen molar-refractivity contribution in [2.24, 2.45) is 7.05 Å². The van der Waals surface area contributed by atoms with Gasteiger partial charge in [0.25, 0.3) is 0 Å². The van der Waals surface area contributed by atoms with Crippen molar-refractivity contribution in [3.05, 3.63) is 40.7 Å². The lowest BCUT2D eigenvalue weighted by molar-refractivity contribution is -0.137. The lowest BCUT2D eigenvalue weighted by Crippen LogP contribution is -2.09. The van der Waals surface area contributed by atoms with Crippen molar-refractivity contribution in [1.29, 1.82) is 0 Å². The minimum Gasteiger partial charge on any atom is -0.298 e. The molecule has 0 fully saturated rings. The Bertz CT molecular complexity index is 672. The molecule has 0 atom stereocenters. The average molecular weight is 282 g/mol. The Hall–Kier alpha value is -2.11. The van der Waals surface area contributed by atoms with Gasteiger partial charge < -0.3 is 0 Å². The topological polar surface area (TPSA) is 34.9 Å². The number of aryl methyl sites for hydroxylation is 2. The molecule has 2 aromatic rings. The second kappa shape index (κ2) is 4.77. The number of rotatable bonds is 2. The van der Waals surface area contributed by atoms with Gasteiger partial charge >= 0.3 is 6.18 Å². The van der Waals surface area contributed by atoms with E-state index in [9.17, 15) is 18.0 Å². The second-order valence-electron chi connectivity index (χ2n) is 4.59. The molecule has 1 aromatic carbocycles. The molecule has 1 aromatic heterocycles. The Labute approximate surface area is 114 Å². The molecule has 106 valence electrons. The average Bonchev–Trinajstić information content (AvgIpc) is 2.61. The molecule has 1 heterocycles. The van der Waals surface area contributed by atoms with E-state index in [4.69, 9.17) is 0 Å². The Kier molecular flexibility index (Phi) is 3.41. The predicted molar refractivity (Wildman–Crippen MR) is 68.5 cm³/mol. The first kappa shape index (κ1) is 14.3. The van der Waals surface area contributed by atoms with E-state index >= 15 is 0 Å². The number of benzene rings is 1. The molecule has 6 heteroatoms. The summed E-state index contributed by atoms with van der Waals surface area (Å²) in [6, 6.07) is 3.70. The van der Waals surface area contributed by atoms with Gasteiger partial charge in [0.1, 0.15) is 0 Å². The first-order valence-electron chi connectivity index (χ1n) is 5.92. The Morgan fingerprint density at radius 1 is 1.25 bits per heavy atom. The van der Waals surface area contributed by atoms with Gasteiger partial charge in [0.2, 0.25) is 0 Å². The fourth-order valence-electron chi connectivity index (χ4n) is 2.25. The third kappa shape index (κ3) is 2.33. The van der Waals surface area contributed by atoms with Gasteiger partial charge in [-0.25, -0.2) is 0 Å². The van der Waals surface area contributed by atoms with Crippen molar-refractivity contribution in [3.63, 3.8) is 0 Å². The number of carbonyl (C=O) groups is 1. The molecule has 0 aliphatic carbocycles. The number of carbonyl (C=O) groups excluding carboxylic acids is 1. The SMILES string of the molecule is Cc1nn(C)c(C)c1-c1ccc(C=O)c(C(F)(F)F)c1. The third-order valence-corrected chi connectivity index (χ3v) is 3.28. The van der Waals surface area contributed by atoms with Crippen LogP contribution in [0.25, 0.3) is 11.1 Å². The summed E-state index contributed by atoms with van der Waals surface area (Å²) in [5.74, 6) is 0. The number of alkyl halides is 3. The lowest BCUT2D eigenvalue weighted by Gasteiger charge is -2.11. The molecular weight excluding hydrogens is 269 g/mol. The minimum absolute atomic E-state index is 0.218. The van der Waals surface area contributed by atoms with E-state index in [1.165, 1.54) is 12.1 Å². The number of hydrogen-bond acceptors (Lipinski definition) is 2. The van der Waals surface area contributed by atoms with Gasteiger partial charge in [0.05, 0.1) is 11.3 Å². The second-order valence-corrected chi connectivity index (χ2v) is 4.59. The van der Waals surface area contributed by atoms with E-state index in [1.807, 2.05) is 0 Å². The summed E-state index contributed by atoms with van der Waals surface area (Å²) in [5.41, 5.74) is 1.21. The molecule has 0 amide bonds. The molecule has 3 nitrogen and oxygen atoms in total. The van der Waals surface area contributed by atoms with E-state index in [0.717, 1.165) is 11.8 Å². The van der Waals surface area contributed by atoms with Crippen LogP contribution in [0.5, 0.6) is 0 Å². The maximum Gasteiger partial charge on any atom is 0.417 e. The molecule has 0 saturated heterocycles. The molecule has 0 bridgehead atoms. The smallest absolute Gasteiger partial charge is 0.298 e. The normalized spacial score (nSPS) is 11.7. The first-order chi connectivity index (χ1) is 9.25. The van der Waals surface area contributed by atoms with Crippen molar-refractivity contribution < 1.29 is 18.0 Å². The summed E-state index contributed by atoms with van der Waals surface area (Å²) in [7, 11) is 1.73. The van der Waals surface area contributed by atoms with E-state index in [-0.39, 0.29) is 11.8 Å². The van der Waals surface area contributed by atoms with Crippen molar-refractivity contribution in [2.75, 3.05) is 0 Å². The first-order valence-corrected chi connectivity index (χ1v) is 5.92. The van der Waals surface area contributed by atoms with Crippen LogP contribution in [-0.2, 0) is 13.2 Å². The highest BCUT2D eigenvalue weighted by atomic mass is 19.4. The maximum absolute atomic E-state index is 13.0. The molecule has 20 heavy (non-hydrogen) atoms. The van der Waals surface area contributed by atoms with Crippen LogP contribution in [0, 0.1) is 13.8 Å². The number of nitrogens with zero attached hydrogens (tertiary/aromatic N) is 2. The third-order valence-electron chi connectivity index (χ3n) is 3.28. The van der Waals surface area contributed by atoms with Crippen LogP contribution in [0.4, 0.5) is 13.2 Å². The molecular formula is C14H13F3N2O. The fourth-order valence-corrected chi connectivity index (χ4v) is 2.25. The highest BCUT2D eigenvalue weighted by Gasteiger charge is 2.34. The standard InChI is InChI=1S/C14H13F3N2O/c1-8-13(9(2)19(3)18-8)10-4-5-11(7-20)12(6-10)14(15,16)17/h4-7H,1-3H3. The predicted octanol–water partition coefficient (Wildman–Crippen LogP) is 3.54. The molecule has 0 N–H and O–H groups in total. The van der Waals surface area contributed by atoms with Crippen molar-refractivity contribution in [3.8, 4) is 11.1 Å². The van der Waals surface area contributed by atoms with Crippen LogP contribution in [0.2, 0.25) is 0 Å². The van der Waals surface area contributed by atoms with Crippen molar-refractivity contribution >= 4 is 6.29 Å². The zero-order chi connectivity index (χ0) is 15.1. The van der Waals surface area contributed by atoms with Gasteiger partial charge in [-0.1, -0.05) is 12.1 Å². The summed E-state index contributed by atoms with van der Waals surface area (Å²) in [6.45, 7) is 3.53. The summed E-state index contributed by atoms with van der Waals surface area (Å²) in [4.78, 5) is 10.7. The van der Waals surface area contributed by atoms with Crippen LogP contribution in [0.15, 0.2) is 18.2 Å². The number of aldehydes is 1. The quantitative estimate of drug-likeness (QED) is 0.790. The Morgan fingerprint density at radius 3 is 2.35 bits per heavy atom. The van der Waals surface area contributed by atoms with Crippen LogP contribution >= 0.6 is 0 Å². The van der Waals surface area contributed by atoms with E-state index in [2.05, 4.69) is 5.10 Å². The summed E-state index contributed by atoms with van der Waals surface area (Å²) in [5, 5.41) is 4.19. The molecule has 0 aliphatic heterocycles. The van der Waals surface area contributed by atoms with Crippen LogP contribution < -0.4 is 0 Å². The van der Waals surface area contributed by atoms with Gasteiger partial charge in [0, 0.05) is 23.9 Å². The highest BCUT2D eigenvalue weighted by Crippen LogP contribution is 2.35. The molecule has 0 spiro atoms. The van der Waals surface area contributed by atoms with Crippen molar-refractivity contribution in [1.82, 2.24) is 9.78 Å². The monoisotopic (exact) mass is 282 g/mol. The molecule has 0 unspecified atom stereocenters. The van der Waals surface area contributed by atoms with Gasteiger partial charge in [-0.2, -0.15) is 18.3 Å². The van der Waals surface area contributed by atoms with Crippen LogP contribution in [0.3, 0.4) is 0 Å². The van der Waals surface area contributed by atoms with E-state index < -0.39 is 11.7 Å². The zero-order valence-corrected chi connectivity index (χ0v) is 11.2. The summed E-state index contributed by atoms with van der Waals surface area (Å²) >= 11 is 0. The van der Waals surface area contributed by atoms with Gasteiger partial charge in [0.15, 0.2) is 6.29 Å². The number of aromatic nitrogens is 2. The minimum atomic E-state index is -4.56. The molecule has 2 rings (SSSR count). The van der Waals surface area contributed by atoms with Gasteiger partial charge in [-0.3, -0.25) is 9.48 Å². The summed E-state index contributed by atoms with van der Waals surface area (Å²) < 4.78 is 40.5. The summed E-state index contributed by atoms with van der Waals surface area (Å²) in [6.07, 6.45) is -4.34. The van der Waals surface area contributed by atoms with Crippen molar-refractivity contribution in [2.45, 2.75) is 20.0 Å². The Balaban J connectivity index is 2.68. The molecule has 0 radical (unpaired) electrons. The number of halogens is 3. The van der Waals surface area contributed by atoms with E-state index in [0.29, 0.717) is 16.8 Å². The van der Waals surface area contributed by atoms with Gasteiger partial charge in [-0.05, 0) is 25.5 Å². The largest absolute Gasteiger partial charge is 0.417 e. The van der Waals surface area contributed by atoms with Gasteiger partial charge in [-0.15, -0.1) is 0 Å². The molecule has 0 aliphatic rings. The highest BCUT2D eigenvalue weighted by molar-refractivity contribution is 5.81. The van der Waals surface area contributed by atoms with Crippen LogP contribution in [0.1, 0.15) is 27.3 Å². The lowest BCUT2D eigenvalue weighted by atomic mass is 9.98. The zero-order valence-electron chi connectivity index (χ0n) is 11.2. The number of hydrogen-bond donors (Lipinski definition) is 0. The maximum atomic E-state index is 13.0. The fraction of sp³-hybridized carbons (Fsp3) is 0.286. The van der Waals surface area contributed by atoms with Crippen LogP contribution in [-0.4, -0.2) is 16.1 Å². The molecule has 0 saturated carbocycles.